The zero-order valence-corrected chi connectivity index (χ0v) is 17.1. The number of ether oxygens (including phenoxy) is 1. The topological polar surface area (TPSA) is 41.6 Å². The fraction of sp³-hybridized carbons (Fsp3) is 0.240. The maximum absolute atomic E-state index is 12.6. The van der Waals surface area contributed by atoms with Crippen LogP contribution in [-0.4, -0.2) is 23.9 Å². The summed E-state index contributed by atoms with van der Waals surface area (Å²) in [7, 11) is 0. The molecule has 3 rings (SSSR count). The lowest BCUT2D eigenvalue weighted by Crippen LogP contribution is -2.22. The lowest BCUT2D eigenvalue weighted by atomic mass is 10.1. The summed E-state index contributed by atoms with van der Waals surface area (Å²) in [6, 6.07) is 25.3. The van der Waals surface area contributed by atoms with Crippen LogP contribution in [0.2, 0.25) is 0 Å². The number of amides is 1. The predicted molar refractivity (Wildman–Crippen MR) is 118 cm³/mol. The first-order valence-electron chi connectivity index (χ1n) is 10.1. The number of nitrogens with one attached hydrogen (secondary N) is 1. The first-order valence-corrected chi connectivity index (χ1v) is 10.1. The lowest BCUT2D eigenvalue weighted by Gasteiger charge is -2.18. The molecule has 0 aromatic heterocycles. The Labute approximate surface area is 173 Å². The number of carbonyl (C=O) groups is 1. The molecule has 29 heavy (non-hydrogen) atoms. The SMILES string of the molecule is CCN(CC)Cc1ccc(NC(=O)c2cccc(OCc3ccccc3)c2)cc1. The molecule has 0 aliphatic rings. The van der Waals surface area contributed by atoms with Crippen LogP contribution in [-0.2, 0) is 13.2 Å². The molecule has 1 N–H and O–H groups in total. The summed E-state index contributed by atoms with van der Waals surface area (Å²) >= 11 is 0. The van der Waals surface area contributed by atoms with Gasteiger partial charge in [-0.25, -0.2) is 0 Å². The third kappa shape index (κ3) is 6.19. The summed E-state index contributed by atoms with van der Waals surface area (Å²) in [6.45, 7) is 7.77. The van der Waals surface area contributed by atoms with Gasteiger partial charge in [0.05, 0.1) is 0 Å². The second-order valence-electron chi connectivity index (χ2n) is 6.91. The van der Waals surface area contributed by atoms with Crippen LogP contribution in [0.1, 0.15) is 35.3 Å². The summed E-state index contributed by atoms with van der Waals surface area (Å²) in [5, 5.41) is 2.96. The van der Waals surface area contributed by atoms with Gasteiger partial charge in [-0.3, -0.25) is 9.69 Å². The van der Waals surface area contributed by atoms with E-state index >= 15 is 0 Å². The molecule has 150 valence electrons. The Morgan fingerprint density at radius 2 is 1.59 bits per heavy atom. The third-order valence-corrected chi connectivity index (χ3v) is 4.86. The van der Waals surface area contributed by atoms with Crippen LogP contribution in [0, 0.1) is 0 Å². The Morgan fingerprint density at radius 1 is 0.862 bits per heavy atom. The lowest BCUT2D eigenvalue weighted by molar-refractivity contribution is 0.102. The van der Waals surface area contributed by atoms with Crippen molar-refractivity contribution < 1.29 is 9.53 Å². The van der Waals surface area contributed by atoms with E-state index in [1.165, 1.54) is 5.56 Å². The summed E-state index contributed by atoms with van der Waals surface area (Å²) < 4.78 is 5.82. The first kappa shape index (κ1) is 20.6. The van der Waals surface area contributed by atoms with Crippen LogP contribution >= 0.6 is 0 Å². The van der Waals surface area contributed by atoms with Gasteiger partial charge in [0.1, 0.15) is 12.4 Å². The Balaban J connectivity index is 1.59. The van der Waals surface area contributed by atoms with Gasteiger partial charge in [0.2, 0.25) is 0 Å². The van der Waals surface area contributed by atoms with Crippen LogP contribution in [0.15, 0.2) is 78.9 Å². The molecule has 0 aliphatic heterocycles. The Hall–Kier alpha value is -3.11. The maximum Gasteiger partial charge on any atom is 0.255 e. The zero-order chi connectivity index (χ0) is 20.5. The Bertz CT molecular complexity index is 904. The highest BCUT2D eigenvalue weighted by Crippen LogP contribution is 2.17. The van der Waals surface area contributed by atoms with E-state index in [9.17, 15) is 4.79 Å². The van der Waals surface area contributed by atoms with E-state index in [0.717, 1.165) is 30.9 Å². The molecule has 0 saturated heterocycles. The number of anilines is 1. The molecular weight excluding hydrogens is 360 g/mol. The van der Waals surface area contributed by atoms with Crippen LogP contribution in [0.3, 0.4) is 0 Å². The van der Waals surface area contributed by atoms with Crippen molar-refractivity contribution in [3.8, 4) is 5.75 Å². The number of hydrogen-bond acceptors (Lipinski definition) is 3. The standard InChI is InChI=1S/C25H28N2O2/c1-3-27(4-2)18-20-13-15-23(16-14-20)26-25(28)22-11-8-12-24(17-22)29-19-21-9-6-5-7-10-21/h5-17H,3-4,18-19H2,1-2H3,(H,26,28). The number of rotatable bonds is 9. The minimum atomic E-state index is -0.147. The monoisotopic (exact) mass is 388 g/mol. The number of carbonyl (C=O) groups excluding carboxylic acids is 1. The summed E-state index contributed by atoms with van der Waals surface area (Å²) in [4.78, 5) is 15.0. The molecule has 4 nitrogen and oxygen atoms in total. The fourth-order valence-corrected chi connectivity index (χ4v) is 3.07. The predicted octanol–water partition coefficient (Wildman–Crippen LogP) is 5.36. The fourth-order valence-electron chi connectivity index (χ4n) is 3.07. The highest BCUT2D eigenvalue weighted by molar-refractivity contribution is 6.04. The van der Waals surface area contributed by atoms with Crippen molar-refractivity contribution in [2.75, 3.05) is 18.4 Å². The summed E-state index contributed by atoms with van der Waals surface area (Å²) in [5.41, 5.74) is 3.69. The van der Waals surface area contributed by atoms with Crippen molar-refractivity contribution in [3.63, 3.8) is 0 Å². The molecule has 0 bridgehead atoms. The van der Waals surface area contributed by atoms with E-state index in [1.54, 1.807) is 12.1 Å². The van der Waals surface area contributed by atoms with E-state index in [0.29, 0.717) is 17.9 Å². The number of nitrogens with zero attached hydrogens (tertiary/aromatic N) is 1. The quantitative estimate of drug-likeness (QED) is 0.536. The van der Waals surface area contributed by atoms with E-state index in [2.05, 4.69) is 36.2 Å². The van der Waals surface area contributed by atoms with Crippen molar-refractivity contribution in [2.24, 2.45) is 0 Å². The van der Waals surface area contributed by atoms with Crippen LogP contribution in [0.25, 0.3) is 0 Å². The van der Waals surface area contributed by atoms with Gasteiger partial charge < -0.3 is 10.1 Å². The van der Waals surface area contributed by atoms with E-state index in [1.807, 2.05) is 54.6 Å². The average molecular weight is 389 g/mol. The average Bonchev–Trinajstić information content (AvgIpc) is 2.78. The van der Waals surface area contributed by atoms with Gasteiger partial charge in [0.15, 0.2) is 0 Å². The zero-order valence-electron chi connectivity index (χ0n) is 17.1. The van der Waals surface area contributed by atoms with Crippen LogP contribution < -0.4 is 10.1 Å². The van der Waals surface area contributed by atoms with Gasteiger partial charge in [-0.1, -0.05) is 62.4 Å². The van der Waals surface area contributed by atoms with Crippen molar-refractivity contribution in [1.29, 1.82) is 0 Å². The highest BCUT2D eigenvalue weighted by Gasteiger charge is 2.08. The molecule has 3 aromatic rings. The third-order valence-electron chi connectivity index (χ3n) is 4.86. The van der Waals surface area contributed by atoms with Crippen molar-refractivity contribution in [3.05, 3.63) is 95.6 Å². The largest absolute Gasteiger partial charge is 0.489 e. The highest BCUT2D eigenvalue weighted by atomic mass is 16.5. The van der Waals surface area contributed by atoms with Gasteiger partial charge in [-0.05, 0) is 54.5 Å². The van der Waals surface area contributed by atoms with Crippen LogP contribution in [0.4, 0.5) is 5.69 Å². The van der Waals surface area contributed by atoms with E-state index in [4.69, 9.17) is 4.74 Å². The molecule has 0 spiro atoms. The molecule has 0 unspecified atom stereocenters. The Kier molecular flexibility index (Phi) is 7.42. The maximum atomic E-state index is 12.6. The summed E-state index contributed by atoms with van der Waals surface area (Å²) in [5.74, 6) is 0.530. The molecule has 3 aromatic carbocycles. The van der Waals surface area contributed by atoms with Gasteiger partial charge in [-0.2, -0.15) is 0 Å². The molecule has 1 amide bonds. The Morgan fingerprint density at radius 3 is 2.28 bits per heavy atom. The first-order chi connectivity index (χ1) is 14.2. The van der Waals surface area contributed by atoms with Gasteiger partial charge in [-0.15, -0.1) is 0 Å². The van der Waals surface area contributed by atoms with Gasteiger partial charge >= 0.3 is 0 Å². The van der Waals surface area contributed by atoms with Crippen molar-refractivity contribution in [2.45, 2.75) is 27.0 Å². The smallest absolute Gasteiger partial charge is 0.255 e. The second-order valence-corrected chi connectivity index (χ2v) is 6.91. The minimum absolute atomic E-state index is 0.147. The summed E-state index contributed by atoms with van der Waals surface area (Å²) in [6.07, 6.45) is 0. The molecule has 0 aliphatic carbocycles. The van der Waals surface area contributed by atoms with E-state index in [-0.39, 0.29) is 5.91 Å². The molecule has 0 fully saturated rings. The van der Waals surface area contributed by atoms with Crippen LogP contribution in [0.5, 0.6) is 5.75 Å². The molecule has 0 atom stereocenters. The molecule has 0 radical (unpaired) electrons. The second kappa shape index (κ2) is 10.4. The van der Waals surface area contributed by atoms with E-state index < -0.39 is 0 Å². The molecular formula is C25H28N2O2. The molecule has 4 heteroatoms. The van der Waals surface area contributed by atoms with Gasteiger partial charge in [0.25, 0.3) is 5.91 Å². The van der Waals surface area contributed by atoms with Gasteiger partial charge in [0, 0.05) is 17.8 Å². The molecule has 0 heterocycles. The van der Waals surface area contributed by atoms with Crippen molar-refractivity contribution >= 4 is 11.6 Å². The molecule has 0 saturated carbocycles. The minimum Gasteiger partial charge on any atom is -0.489 e. The van der Waals surface area contributed by atoms with Crippen molar-refractivity contribution in [1.82, 2.24) is 4.90 Å². The number of benzene rings is 3. The normalized spacial score (nSPS) is 10.7. The number of hydrogen-bond donors (Lipinski definition) is 1.